The number of esters is 2. The van der Waals surface area contributed by atoms with E-state index < -0.39 is 34.1 Å². The number of carbonyl (C=O) groups is 2. The van der Waals surface area contributed by atoms with Gasteiger partial charge in [0, 0.05) is 13.0 Å². The van der Waals surface area contributed by atoms with Crippen molar-refractivity contribution < 1.29 is 32.6 Å². The maximum absolute atomic E-state index is 13.1. The minimum atomic E-state index is -3.98. The Labute approximate surface area is 181 Å². The van der Waals surface area contributed by atoms with Crippen LogP contribution >= 0.6 is 0 Å². The van der Waals surface area contributed by atoms with Crippen LogP contribution < -0.4 is 0 Å². The van der Waals surface area contributed by atoms with E-state index in [2.05, 4.69) is 4.74 Å². The lowest BCUT2D eigenvalue weighted by Gasteiger charge is -2.23. The Bertz CT molecular complexity index is 1080. The summed E-state index contributed by atoms with van der Waals surface area (Å²) >= 11 is 0. The van der Waals surface area contributed by atoms with E-state index in [0.717, 1.165) is 15.4 Å². The molecule has 0 saturated carbocycles. The SMILES string of the molecule is COC(=O)c1ccc(COC(=O)[C@@H]2C[C@H](O)CN2S(=O)(=O)c2ccc(C)c(C)c2)cc1. The molecule has 0 unspecified atom stereocenters. The van der Waals surface area contributed by atoms with Gasteiger partial charge in [0.1, 0.15) is 12.6 Å². The Morgan fingerprint density at radius 2 is 1.77 bits per heavy atom. The zero-order valence-corrected chi connectivity index (χ0v) is 18.4. The summed E-state index contributed by atoms with van der Waals surface area (Å²) in [5.41, 5.74) is 2.76. The lowest BCUT2D eigenvalue weighted by Crippen LogP contribution is -2.41. The number of ether oxygens (including phenoxy) is 2. The summed E-state index contributed by atoms with van der Waals surface area (Å²) in [5.74, 6) is -1.21. The van der Waals surface area contributed by atoms with Gasteiger partial charge in [0.2, 0.25) is 10.0 Å². The predicted molar refractivity (Wildman–Crippen MR) is 112 cm³/mol. The second kappa shape index (κ2) is 9.17. The van der Waals surface area contributed by atoms with Crippen LogP contribution in [-0.2, 0) is 30.9 Å². The van der Waals surface area contributed by atoms with Crippen molar-refractivity contribution in [2.24, 2.45) is 0 Å². The Morgan fingerprint density at radius 1 is 1.10 bits per heavy atom. The molecule has 2 aromatic carbocycles. The van der Waals surface area contributed by atoms with Crippen LogP contribution in [0.5, 0.6) is 0 Å². The molecule has 1 heterocycles. The molecule has 1 fully saturated rings. The van der Waals surface area contributed by atoms with Crippen molar-refractivity contribution in [3.63, 3.8) is 0 Å². The number of aliphatic hydroxyl groups is 1. The van der Waals surface area contributed by atoms with E-state index in [9.17, 15) is 23.1 Å². The van der Waals surface area contributed by atoms with Crippen molar-refractivity contribution >= 4 is 22.0 Å². The Morgan fingerprint density at radius 3 is 2.39 bits per heavy atom. The molecule has 0 aromatic heterocycles. The van der Waals surface area contributed by atoms with Gasteiger partial charge in [-0.05, 0) is 54.8 Å². The highest BCUT2D eigenvalue weighted by Crippen LogP contribution is 2.28. The van der Waals surface area contributed by atoms with Crippen molar-refractivity contribution in [2.45, 2.75) is 43.9 Å². The molecular formula is C22H25NO7S. The highest BCUT2D eigenvalue weighted by Gasteiger charge is 2.44. The summed E-state index contributed by atoms with van der Waals surface area (Å²) in [6.07, 6.45) is -0.998. The number of benzene rings is 2. The van der Waals surface area contributed by atoms with E-state index in [4.69, 9.17) is 4.74 Å². The maximum atomic E-state index is 13.1. The van der Waals surface area contributed by atoms with Gasteiger partial charge in [0.15, 0.2) is 0 Å². The zero-order valence-electron chi connectivity index (χ0n) is 17.6. The summed E-state index contributed by atoms with van der Waals surface area (Å²) in [5, 5.41) is 10.1. The average molecular weight is 448 g/mol. The maximum Gasteiger partial charge on any atom is 0.337 e. The first-order valence-electron chi connectivity index (χ1n) is 9.74. The summed E-state index contributed by atoms with van der Waals surface area (Å²) in [4.78, 5) is 24.2. The van der Waals surface area contributed by atoms with E-state index in [1.54, 1.807) is 36.4 Å². The third kappa shape index (κ3) is 4.95. The number of nitrogens with zero attached hydrogens (tertiary/aromatic N) is 1. The molecule has 0 spiro atoms. The van der Waals surface area contributed by atoms with Crippen LogP contribution in [0.2, 0.25) is 0 Å². The minimum absolute atomic E-state index is 0.0375. The summed E-state index contributed by atoms with van der Waals surface area (Å²) in [7, 11) is -2.70. The lowest BCUT2D eigenvalue weighted by molar-refractivity contribution is -0.148. The molecule has 0 amide bonds. The molecule has 1 saturated heterocycles. The molecule has 2 atom stereocenters. The van der Waals surface area contributed by atoms with Gasteiger partial charge in [-0.15, -0.1) is 0 Å². The third-order valence-electron chi connectivity index (χ3n) is 5.35. The molecule has 8 nitrogen and oxygen atoms in total. The minimum Gasteiger partial charge on any atom is -0.465 e. The molecule has 9 heteroatoms. The van der Waals surface area contributed by atoms with Gasteiger partial charge in [0.25, 0.3) is 0 Å². The molecule has 2 aromatic rings. The number of methoxy groups -OCH3 is 1. The highest BCUT2D eigenvalue weighted by atomic mass is 32.2. The Kier molecular flexibility index (Phi) is 6.78. The summed E-state index contributed by atoms with van der Waals surface area (Å²) < 4.78 is 37.2. The summed E-state index contributed by atoms with van der Waals surface area (Å²) in [6.45, 7) is 3.42. The first-order valence-corrected chi connectivity index (χ1v) is 11.2. The van der Waals surface area contributed by atoms with Crippen molar-refractivity contribution in [2.75, 3.05) is 13.7 Å². The standard InChI is InChI=1S/C22H25NO7S/c1-14-4-9-19(10-15(14)2)31(27,28)23-12-18(24)11-20(23)22(26)30-13-16-5-7-17(8-6-16)21(25)29-3/h4-10,18,20,24H,11-13H2,1-3H3/t18-,20-/m0/s1. The number of sulfonamides is 1. The number of aliphatic hydroxyl groups excluding tert-OH is 1. The van der Waals surface area contributed by atoms with Gasteiger partial charge < -0.3 is 14.6 Å². The van der Waals surface area contributed by atoms with Crippen LogP contribution in [0.25, 0.3) is 0 Å². The van der Waals surface area contributed by atoms with E-state index in [-0.39, 0.29) is 24.5 Å². The Hall–Kier alpha value is -2.75. The summed E-state index contributed by atoms with van der Waals surface area (Å²) in [6, 6.07) is 9.97. The molecule has 166 valence electrons. The highest BCUT2D eigenvalue weighted by molar-refractivity contribution is 7.89. The van der Waals surface area contributed by atoms with E-state index in [1.165, 1.54) is 13.2 Å². The number of carbonyl (C=O) groups excluding carboxylic acids is 2. The molecule has 0 bridgehead atoms. The van der Waals surface area contributed by atoms with Crippen molar-refractivity contribution in [3.05, 3.63) is 64.7 Å². The van der Waals surface area contributed by atoms with Crippen LogP contribution in [0, 0.1) is 13.8 Å². The number of rotatable bonds is 6. The predicted octanol–water partition coefficient (Wildman–Crippen LogP) is 1.96. The van der Waals surface area contributed by atoms with Gasteiger partial charge in [0.05, 0.1) is 23.7 Å². The van der Waals surface area contributed by atoms with Crippen LogP contribution in [0.15, 0.2) is 47.4 Å². The van der Waals surface area contributed by atoms with E-state index >= 15 is 0 Å². The van der Waals surface area contributed by atoms with E-state index in [0.29, 0.717) is 11.1 Å². The largest absolute Gasteiger partial charge is 0.465 e. The topological polar surface area (TPSA) is 110 Å². The lowest BCUT2D eigenvalue weighted by atomic mass is 10.1. The third-order valence-corrected chi connectivity index (χ3v) is 7.22. The number of aryl methyl sites for hydroxylation is 2. The average Bonchev–Trinajstić information content (AvgIpc) is 3.16. The van der Waals surface area contributed by atoms with Gasteiger partial charge in [-0.2, -0.15) is 4.31 Å². The molecule has 0 radical (unpaired) electrons. The first-order chi connectivity index (χ1) is 14.6. The second-order valence-electron chi connectivity index (χ2n) is 7.52. The fourth-order valence-electron chi connectivity index (χ4n) is 3.38. The molecule has 3 rings (SSSR count). The Balaban J connectivity index is 1.73. The van der Waals surface area contributed by atoms with Crippen LogP contribution in [0.3, 0.4) is 0 Å². The smallest absolute Gasteiger partial charge is 0.337 e. The van der Waals surface area contributed by atoms with Crippen LogP contribution in [0.4, 0.5) is 0 Å². The zero-order chi connectivity index (χ0) is 22.8. The molecule has 31 heavy (non-hydrogen) atoms. The molecule has 0 aliphatic carbocycles. The molecule has 1 aliphatic heterocycles. The van der Waals surface area contributed by atoms with Crippen molar-refractivity contribution in [1.82, 2.24) is 4.31 Å². The van der Waals surface area contributed by atoms with E-state index in [1.807, 2.05) is 13.8 Å². The van der Waals surface area contributed by atoms with Crippen molar-refractivity contribution in [1.29, 1.82) is 0 Å². The monoisotopic (exact) mass is 447 g/mol. The molecular weight excluding hydrogens is 422 g/mol. The van der Waals surface area contributed by atoms with Gasteiger partial charge in [-0.1, -0.05) is 18.2 Å². The van der Waals surface area contributed by atoms with Crippen molar-refractivity contribution in [3.8, 4) is 0 Å². The second-order valence-corrected chi connectivity index (χ2v) is 9.41. The van der Waals surface area contributed by atoms with Crippen LogP contribution in [-0.4, -0.2) is 55.6 Å². The normalized spacial score (nSPS) is 19.2. The molecule has 1 N–H and O–H groups in total. The number of hydrogen-bond acceptors (Lipinski definition) is 7. The molecule has 1 aliphatic rings. The number of hydrogen-bond donors (Lipinski definition) is 1. The quantitative estimate of drug-likeness (QED) is 0.674. The van der Waals surface area contributed by atoms with Gasteiger partial charge in [-0.25, -0.2) is 13.2 Å². The van der Waals surface area contributed by atoms with Gasteiger partial charge >= 0.3 is 11.9 Å². The fourth-order valence-corrected chi connectivity index (χ4v) is 5.09. The van der Waals surface area contributed by atoms with Crippen LogP contribution in [0.1, 0.15) is 33.5 Å². The first kappa shape index (κ1) is 22.9. The van der Waals surface area contributed by atoms with Gasteiger partial charge in [-0.3, -0.25) is 4.79 Å². The number of β-amino-alcohol motifs (C(OH)–C–C–N with tert-alkyl or cyclic N) is 1. The fraction of sp³-hybridized carbons (Fsp3) is 0.364.